The van der Waals surface area contributed by atoms with E-state index >= 15 is 0 Å². The maximum atomic E-state index is 11.1. The highest BCUT2D eigenvalue weighted by molar-refractivity contribution is 9.11. The Kier molecular flexibility index (Phi) is 4.09. The average molecular weight is 368 g/mol. The molecule has 2 nitrogen and oxygen atoms in total. The maximum Gasteiger partial charge on any atom is 0.150 e. The Morgan fingerprint density at radius 3 is 1.78 bits per heavy atom. The summed E-state index contributed by atoms with van der Waals surface area (Å²) < 4.78 is 1.76. The summed E-state index contributed by atoms with van der Waals surface area (Å²) in [5.74, 6) is 0. The zero-order valence-electron chi connectivity index (χ0n) is 9.19. The van der Waals surface area contributed by atoms with Gasteiger partial charge in [0, 0.05) is 25.6 Å². The van der Waals surface area contributed by atoms with Crippen LogP contribution in [-0.2, 0) is 0 Å². The van der Waals surface area contributed by atoms with Crippen LogP contribution >= 0.6 is 31.9 Å². The molecular weight excluding hydrogens is 360 g/mol. The van der Waals surface area contributed by atoms with Crippen LogP contribution in [0.25, 0.3) is 11.1 Å². The van der Waals surface area contributed by atoms with Gasteiger partial charge in [0.05, 0.1) is 0 Å². The molecule has 0 aliphatic heterocycles. The second-order valence-corrected chi connectivity index (χ2v) is 5.54. The molecule has 4 heteroatoms. The van der Waals surface area contributed by atoms with Gasteiger partial charge in [-0.05, 0) is 23.8 Å². The van der Waals surface area contributed by atoms with Crippen LogP contribution in [0.15, 0.2) is 45.3 Å². The lowest BCUT2D eigenvalue weighted by Gasteiger charge is -2.09. The summed E-state index contributed by atoms with van der Waals surface area (Å²) in [5.41, 5.74) is 2.49. The van der Waals surface area contributed by atoms with Crippen molar-refractivity contribution in [2.24, 2.45) is 0 Å². The fourth-order valence-electron chi connectivity index (χ4n) is 1.82. The first-order chi connectivity index (χ1) is 8.65. The molecule has 2 rings (SSSR count). The number of hydrogen-bond acceptors (Lipinski definition) is 2. The number of carbonyl (C=O) groups excluding carboxylic acids is 2. The highest BCUT2D eigenvalue weighted by Gasteiger charge is 2.11. The van der Waals surface area contributed by atoms with E-state index in [0.717, 1.165) is 27.1 Å². The van der Waals surface area contributed by atoms with Crippen LogP contribution in [0.4, 0.5) is 0 Å². The number of rotatable bonds is 3. The Labute approximate surface area is 121 Å². The van der Waals surface area contributed by atoms with E-state index in [1.807, 2.05) is 18.2 Å². The van der Waals surface area contributed by atoms with Crippen molar-refractivity contribution in [3.63, 3.8) is 0 Å². The van der Waals surface area contributed by atoms with Gasteiger partial charge >= 0.3 is 0 Å². The zero-order chi connectivity index (χ0) is 13.1. The van der Waals surface area contributed by atoms with E-state index in [0.29, 0.717) is 16.7 Å². The van der Waals surface area contributed by atoms with Crippen molar-refractivity contribution in [2.45, 2.75) is 0 Å². The number of carbonyl (C=O) groups is 2. The molecule has 2 aromatic carbocycles. The Balaban J connectivity index is 2.76. The molecule has 0 spiro atoms. The van der Waals surface area contributed by atoms with Crippen molar-refractivity contribution < 1.29 is 9.59 Å². The molecule has 0 saturated heterocycles. The summed E-state index contributed by atoms with van der Waals surface area (Å²) in [6, 6.07) is 10.7. The van der Waals surface area contributed by atoms with Crippen LogP contribution in [0, 0.1) is 0 Å². The van der Waals surface area contributed by atoms with Crippen molar-refractivity contribution in [3.8, 4) is 11.1 Å². The van der Waals surface area contributed by atoms with Crippen LogP contribution in [0.1, 0.15) is 20.7 Å². The lowest BCUT2D eigenvalue weighted by molar-refractivity contribution is 0.112. The number of aldehydes is 2. The average Bonchev–Trinajstić information content (AvgIpc) is 2.36. The third kappa shape index (κ3) is 2.60. The van der Waals surface area contributed by atoms with Crippen molar-refractivity contribution in [1.29, 1.82) is 0 Å². The molecule has 0 bridgehead atoms. The van der Waals surface area contributed by atoms with E-state index < -0.39 is 0 Å². The van der Waals surface area contributed by atoms with Crippen LogP contribution in [0.5, 0.6) is 0 Å². The SMILES string of the molecule is O=Cc1cccc(C=O)c1-c1cc(Br)cc(Br)c1. The van der Waals surface area contributed by atoms with Gasteiger partial charge in [-0.25, -0.2) is 0 Å². The molecule has 0 aliphatic carbocycles. The van der Waals surface area contributed by atoms with E-state index in [1.165, 1.54) is 0 Å². The second kappa shape index (κ2) is 5.59. The number of hydrogen-bond donors (Lipinski definition) is 0. The summed E-state index contributed by atoms with van der Waals surface area (Å²) >= 11 is 6.79. The molecule has 2 aromatic rings. The van der Waals surface area contributed by atoms with Gasteiger partial charge in [0.25, 0.3) is 0 Å². The van der Waals surface area contributed by atoms with Crippen molar-refractivity contribution in [3.05, 3.63) is 56.5 Å². The minimum atomic E-state index is 0.504. The lowest BCUT2D eigenvalue weighted by Crippen LogP contribution is -1.94. The molecule has 90 valence electrons. The van der Waals surface area contributed by atoms with Crippen LogP contribution in [-0.4, -0.2) is 12.6 Å². The third-order valence-electron chi connectivity index (χ3n) is 2.53. The molecule has 0 fully saturated rings. The molecule has 0 aliphatic rings. The zero-order valence-corrected chi connectivity index (χ0v) is 12.4. The van der Waals surface area contributed by atoms with Gasteiger partial charge in [0.2, 0.25) is 0 Å². The Morgan fingerprint density at radius 2 is 1.33 bits per heavy atom. The maximum absolute atomic E-state index is 11.1. The molecule has 0 radical (unpaired) electrons. The van der Waals surface area contributed by atoms with Gasteiger partial charge in [0.1, 0.15) is 0 Å². The van der Waals surface area contributed by atoms with Gasteiger partial charge in [0.15, 0.2) is 12.6 Å². The van der Waals surface area contributed by atoms with Crippen LogP contribution < -0.4 is 0 Å². The summed E-state index contributed by atoms with van der Waals surface area (Å²) in [5, 5.41) is 0. The first-order valence-corrected chi connectivity index (χ1v) is 6.74. The normalized spacial score (nSPS) is 10.1. The standard InChI is InChI=1S/C14H8Br2O2/c15-12-4-11(5-13(16)6-12)14-9(7-17)2-1-3-10(14)8-18/h1-8H. The van der Waals surface area contributed by atoms with Crippen molar-refractivity contribution >= 4 is 44.4 Å². The monoisotopic (exact) mass is 366 g/mol. The summed E-state index contributed by atoms with van der Waals surface area (Å²) in [6.45, 7) is 0. The summed E-state index contributed by atoms with van der Waals surface area (Å²) in [6.07, 6.45) is 1.52. The lowest BCUT2D eigenvalue weighted by atomic mass is 9.95. The Bertz CT molecular complexity index is 575. The largest absolute Gasteiger partial charge is 0.298 e. The molecule has 0 amide bonds. The Hall–Kier alpha value is -1.26. The highest BCUT2D eigenvalue weighted by atomic mass is 79.9. The molecule has 0 N–H and O–H groups in total. The molecule has 18 heavy (non-hydrogen) atoms. The first-order valence-electron chi connectivity index (χ1n) is 5.15. The molecule has 0 aromatic heterocycles. The fraction of sp³-hybridized carbons (Fsp3) is 0. The smallest absolute Gasteiger partial charge is 0.150 e. The van der Waals surface area contributed by atoms with Gasteiger partial charge < -0.3 is 0 Å². The minimum absolute atomic E-state index is 0.504. The summed E-state index contributed by atoms with van der Waals surface area (Å²) in [7, 11) is 0. The predicted molar refractivity (Wildman–Crippen MR) is 78.1 cm³/mol. The Morgan fingerprint density at radius 1 is 0.833 bits per heavy atom. The molecule has 0 heterocycles. The van der Waals surface area contributed by atoms with Gasteiger partial charge in [-0.2, -0.15) is 0 Å². The first kappa shape index (κ1) is 13.2. The van der Waals surface area contributed by atoms with E-state index in [4.69, 9.17) is 0 Å². The predicted octanol–water partition coefficient (Wildman–Crippen LogP) is 4.50. The van der Waals surface area contributed by atoms with E-state index in [9.17, 15) is 9.59 Å². The third-order valence-corrected chi connectivity index (χ3v) is 3.45. The second-order valence-electron chi connectivity index (χ2n) is 3.71. The fourth-order valence-corrected chi connectivity index (χ4v) is 3.11. The highest BCUT2D eigenvalue weighted by Crippen LogP contribution is 2.31. The molecular formula is C14H8Br2O2. The molecule has 0 saturated carbocycles. The van der Waals surface area contributed by atoms with Crippen LogP contribution in [0.2, 0.25) is 0 Å². The number of halogens is 2. The topological polar surface area (TPSA) is 34.1 Å². The van der Waals surface area contributed by atoms with Crippen molar-refractivity contribution in [2.75, 3.05) is 0 Å². The minimum Gasteiger partial charge on any atom is -0.298 e. The van der Waals surface area contributed by atoms with Crippen LogP contribution in [0.3, 0.4) is 0 Å². The number of benzene rings is 2. The van der Waals surface area contributed by atoms with Gasteiger partial charge in [-0.15, -0.1) is 0 Å². The van der Waals surface area contributed by atoms with Gasteiger partial charge in [-0.3, -0.25) is 9.59 Å². The van der Waals surface area contributed by atoms with E-state index in [1.54, 1.807) is 18.2 Å². The van der Waals surface area contributed by atoms with E-state index in [2.05, 4.69) is 31.9 Å². The quantitative estimate of drug-likeness (QED) is 0.748. The van der Waals surface area contributed by atoms with Crippen molar-refractivity contribution in [1.82, 2.24) is 0 Å². The van der Waals surface area contributed by atoms with E-state index in [-0.39, 0.29) is 0 Å². The van der Waals surface area contributed by atoms with Gasteiger partial charge in [-0.1, -0.05) is 50.1 Å². The summed E-state index contributed by atoms with van der Waals surface area (Å²) in [4.78, 5) is 22.2. The molecule has 0 atom stereocenters. The molecule has 0 unspecified atom stereocenters.